The Kier molecular flexibility index (Phi) is 6.26. The van der Waals surface area contributed by atoms with Crippen LogP contribution in [0.15, 0.2) is 42.5 Å². The van der Waals surface area contributed by atoms with E-state index in [1.807, 2.05) is 37.3 Å². The van der Waals surface area contributed by atoms with Crippen molar-refractivity contribution in [3.8, 4) is 0 Å². The summed E-state index contributed by atoms with van der Waals surface area (Å²) in [6.45, 7) is 3.57. The quantitative estimate of drug-likeness (QED) is 0.756. The molecular weight excluding hydrogens is 324 g/mol. The molecule has 1 aromatic carbocycles. The van der Waals surface area contributed by atoms with Gasteiger partial charge >= 0.3 is 5.97 Å². The number of aromatic nitrogens is 1. The van der Waals surface area contributed by atoms with Crippen molar-refractivity contribution in [3.05, 3.63) is 63.6 Å². The van der Waals surface area contributed by atoms with Crippen LogP contribution in [0, 0.1) is 6.92 Å². The van der Waals surface area contributed by atoms with Gasteiger partial charge in [0.2, 0.25) is 0 Å². The summed E-state index contributed by atoms with van der Waals surface area (Å²) in [6, 6.07) is 8.95. The van der Waals surface area contributed by atoms with Crippen LogP contribution in [-0.2, 0) is 11.2 Å². The third-order valence-electron chi connectivity index (χ3n) is 3.46. The van der Waals surface area contributed by atoms with E-state index in [9.17, 15) is 14.7 Å². The number of carbonyl (C=O) groups excluding carboxylic acids is 1. The number of aryl methyl sites for hydroxylation is 1. The summed E-state index contributed by atoms with van der Waals surface area (Å²) in [4.78, 5) is 28.5. The zero-order chi connectivity index (χ0) is 17.5. The van der Waals surface area contributed by atoms with E-state index < -0.39 is 12.0 Å². The van der Waals surface area contributed by atoms with Crippen molar-refractivity contribution in [1.29, 1.82) is 0 Å². The molecule has 2 rings (SSSR count). The second-order valence-corrected chi connectivity index (χ2v) is 6.44. The number of hydrogen-bond acceptors (Lipinski definition) is 4. The zero-order valence-electron chi connectivity index (χ0n) is 13.7. The normalized spacial score (nSPS) is 12.2. The molecule has 1 aromatic heterocycles. The zero-order valence-corrected chi connectivity index (χ0v) is 14.5. The molecule has 2 aromatic rings. The minimum Gasteiger partial charge on any atom is -0.480 e. The van der Waals surface area contributed by atoms with Gasteiger partial charge < -0.3 is 10.4 Å². The number of carbonyl (C=O) groups is 2. The number of allylic oxidation sites excluding steroid dienone is 1. The second-order valence-electron chi connectivity index (χ2n) is 5.35. The Morgan fingerprint density at radius 2 is 2.04 bits per heavy atom. The van der Waals surface area contributed by atoms with Gasteiger partial charge in [0, 0.05) is 6.42 Å². The van der Waals surface area contributed by atoms with E-state index in [-0.39, 0.29) is 12.3 Å². The molecule has 1 heterocycles. The van der Waals surface area contributed by atoms with E-state index in [0.717, 1.165) is 10.6 Å². The molecule has 5 nitrogen and oxygen atoms in total. The molecular formula is C18H20N2O3S. The molecule has 2 N–H and O–H groups in total. The summed E-state index contributed by atoms with van der Waals surface area (Å²) in [7, 11) is 0. The Morgan fingerprint density at radius 3 is 2.67 bits per heavy atom. The van der Waals surface area contributed by atoms with Gasteiger partial charge in [0.25, 0.3) is 5.91 Å². The van der Waals surface area contributed by atoms with Gasteiger partial charge in [0.1, 0.15) is 10.9 Å². The van der Waals surface area contributed by atoms with Crippen LogP contribution in [-0.4, -0.2) is 28.0 Å². The summed E-state index contributed by atoms with van der Waals surface area (Å²) >= 11 is 1.31. The minimum absolute atomic E-state index is 0.256. The highest BCUT2D eigenvalue weighted by Gasteiger charge is 2.22. The van der Waals surface area contributed by atoms with E-state index in [1.54, 1.807) is 19.1 Å². The number of hydrogen-bond donors (Lipinski definition) is 2. The molecule has 0 radical (unpaired) electrons. The average molecular weight is 344 g/mol. The van der Waals surface area contributed by atoms with Crippen LogP contribution < -0.4 is 5.32 Å². The van der Waals surface area contributed by atoms with E-state index in [4.69, 9.17) is 0 Å². The Bertz CT molecular complexity index is 738. The van der Waals surface area contributed by atoms with E-state index >= 15 is 0 Å². The lowest BCUT2D eigenvalue weighted by Gasteiger charge is -2.11. The summed E-state index contributed by atoms with van der Waals surface area (Å²) in [5.41, 5.74) is 1.74. The highest BCUT2D eigenvalue weighted by molar-refractivity contribution is 7.13. The van der Waals surface area contributed by atoms with Gasteiger partial charge in [0.15, 0.2) is 0 Å². The van der Waals surface area contributed by atoms with Gasteiger partial charge in [-0.15, -0.1) is 11.3 Å². The Balaban J connectivity index is 2.10. The van der Waals surface area contributed by atoms with Crippen molar-refractivity contribution >= 4 is 23.2 Å². The molecule has 6 heteroatoms. The molecule has 0 saturated carbocycles. The largest absolute Gasteiger partial charge is 0.480 e. The third-order valence-corrected chi connectivity index (χ3v) is 4.61. The van der Waals surface area contributed by atoms with Crippen LogP contribution in [0.4, 0.5) is 0 Å². The molecule has 0 fully saturated rings. The van der Waals surface area contributed by atoms with Crippen molar-refractivity contribution in [2.24, 2.45) is 0 Å². The molecule has 0 aliphatic carbocycles. The fourth-order valence-corrected chi connectivity index (χ4v) is 3.23. The molecule has 0 spiro atoms. The SMILES string of the molecule is C/C=C/CC(NC(=O)c1sc(Cc2ccccc2)nc1C)C(=O)O. The standard InChI is InChI=1S/C18H20N2O3S/c1-3-4-10-14(18(22)23)20-17(21)16-12(2)19-15(24-16)11-13-8-6-5-7-9-13/h3-9,14H,10-11H2,1-2H3,(H,20,21)(H,22,23)/b4-3+. The first-order valence-electron chi connectivity index (χ1n) is 7.66. The molecule has 24 heavy (non-hydrogen) atoms. The van der Waals surface area contributed by atoms with Crippen molar-refractivity contribution in [3.63, 3.8) is 0 Å². The maximum absolute atomic E-state index is 12.4. The van der Waals surface area contributed by atoms with Crippen molar-refractivity contribution in [2.45, 2.75) is 32.7 Å². The lowest BCUT2D eigenvalue weighted by molar-refractivity contribution is -0.139. The first-order chi connectivity index (χ1) is 11.5. The number of rotatable bonds is 7. The van der Waals surface area contributed by atoms with Gasteiger partial charge in [0.05, 0.1) is 10.7 Å². The molecule has 0 aliphatic rings. The topological polar surface area (TPSA) is 79.3 Å². The van der Waals surface area contributed by atoms with Crippen molar-refractivity contribution in [2.75, 3.05) is 0 Å². The lowest BCUT2D eigenvalue weighted by Crippen LogP contribution is -2.40. The predicted molar refractivity (Wildman–Crippen MR) is 94.4 cm³/mol. The fourth-order valence-electron chi connectivity index (χ4n) is 2.23. The molecule has 0 saturated heterocycles. The first kappa shape index (κ1) is 17.9. The number of carboxylic acids is 1. The van der Waals surface area contributed by atoms with Gasteiger partial charge in [-0.25, -0.2) is 9.78 Å². The van der Waals surface area contributed by atoms with Crippen LogP contribution in [0.5, 0.6) is 0 Å². The molecule has 0 bridgehead atoms. The number of amides is 1. The highest BCUT2D eigenvalue weighted by Crippen LogP contribution is 2.21. The Morgan fingerprint density at radius 1 is 1.33 bits per heavy atom. The maximum atomic E-state index is 12.4. The number of benzene rings is 1. The van der Waals surface area contributed by atoms with Crippen LogP contribution in [0.2, 0.25) is 0 Å². The number of thiazole rings is 1. The summed E-state index contributed by atoms with van der Waals surface area (Å²) in [6.07, 6.45) is 4.39. The van der Waals surface area contributed by atoms with E-state index in [0.29, 0.717) is 17.0 Å². The van der Waals surface area contributed by atoms with Gasteiger partial charge in [-0.2, -0.15) is 0 Å². The van der Waals surface area contributed by atoms with Crippen molar-refractivity contribution in [1.82, 2.24) is 10.3 Å². The smallest absolute Gasteiger partial charge is 0.326 e. The monoisotopic (exact) mass is 344 g/mol. The predicted octanol–water partition coefficient (Wildman–Crippen LogP) is 3.19. The third kappa shape index (κ3) is 4.76. The molecule has 126 valence electrons. The average Bonchev–Trinajstić information content (AvgIpc) is 2.92. The van der Waals surface area contributed by atoms with Crippen molar-refractivity contribution < 1.29 is 14.7 Å². The van der Waals surface area contributed by atoms with E-state index in [1.165, 1.54) is 11.3 Å². The van der Waals surface area contributed by atoms with Crippen LogP contribution in [0.1, 0.15) is 39.3 Å². The first-order valence-corrected chi connectivity index (χ1v) is 8.48. The maximum Gasteiger partial charge on any atom is 0.326 e. The number of nitrogens with zero attached hydrogens (tertiary/aromatic N) is 1. The lowest BCUT2D eigenvalue weighted by atomic mass is 10.2. The van der Waals surface area contributed by atoms with Gasteiger partial charge in [-0.05, 0) is 25.8 Å². The molecule has 1 atom stereocenters. The fraction of sp³-hybridized carbons (Fsp3) is 0.278. The number of aliphatic carboxylic acids is 1. The molecule has 1 unspecified atom stereocenters. The Hall–Kier alpha value is -2.47. The second kappa shape index (κ2) is 8.40. The number of carboxylic acid groups (broad SMARTS) is 1. The number of nitrogens with one attached hydrogen (secondary N) is 1. The van der Waals surface area contributed by atoms with E-state index in [2.05, 4.69) is 10.3 Å². The van der Waals surface area contributed by atoms with Crippen LogP contribution in [0.3, 0.4) is 0 Å². The Labute approximate surface area is 145 Å². The summed E-state index contributed by atoms with van der Waals surface area (Å²) in [5.74, 6) is -1.44. The van der Waals surface area contributed by atoms with Crippen LogP contribution in [0.25, 0.3) is 0 Å². The summed E-state index contributed by atoms with van der Waals surface area (Å²) in [5, 5.41) is 12.6. The van der Waals surface area contributed by atoms with Gasteiger partial charge in [-0.1, -0.05) is 42.5 Å². The summed E-state index contributed by atoms with van der Waals surface area (Å²) < 4.78 is 0. The van der Waals surface area contributed by atoms with Crippen LogP contribution >= 0.6 is 11.3 Å². The molecule has 1 amide bonds. The minimum atomic E-state index is -1.05. The highest BCUT2D eigenvalue weighted by atomic mass is 32.1. The molecule has 0 aliphatic heterocycles. The van der Waals surface area contributed by atoms with Gasteiger partial charge in [-0.3, -0.25) is 4.79 Å².